The molecular formula is C17H14Cl2N2O. The van der Waals surface area contributed by atoms with E-state index in [9.17, 15) is 4.79 Å². The lowest BCUT2D eigenvalue weighted by Crippen LogP contribution is -2.37. The molecule has 0 spiro atoms. The largest absolute Gasteiger partial charge is 0.308 e. The van der Waals surface area contributed by atoms with Gasteiger partial charge in [0.1, 0.15) is 0 Å². The summed E-state index contributed by atoms with van der Waals surface area (Å²) >= 11 is 12.2. The van der Waals surface area contributed by atoms with Gasteiger partial charge in [0, 0.05) is 22.0 Å². The molecule has 3 nitrogen and oxygen atoms in total. The predicted octanol–water partition coefficient (Wildman–Crippen LogP) is 3.76. The maximum absolute atomic E-state index is 11.6. The third-order valence-electron chi connectivity index (χ3n) is 3.68. The third kappa shape index (κ3) is 2.74. The first-order valence-corrected chi connectivity index (χ1v) is 7.85. The van der Waals surface area contributed by atoms with Crippen LogP contribution in [0.1, 0.15) is 11.1 Å². The van der Waals surface area contributed by atoms with E-state index in [2.05, 4.69) is 0 Å². The van der Waals surface area contributed by atoms with Crippen molar-refractivity contribution >= 4 is 41.0 Å². The van der Waals surface area contributed by atoms with Crippen LogP contribution in [0.2, 0.25) is 5.02 Å². The van der Waals surface area contributed by atoms with Crippen molar-refractivity contribution in [3.8, 4) is 0 Å². The molecule has 1 aliphatic heterocycles. The second-order valence-electron chi connectivity index (χ2n) is 5.04. The van der Waals surface area contributed by atoms with Crippen LogP contribution in [0.5, 0.6) is 0 Å². The van der Waals surface area contributed by atoms with E-state index in [1.54, 1.807) is 11.0 Å². The van der Waals surface area contributed by atoms with Crippen molar-refractivity contribution in [2.75, 3.05) is 17.3 Å². The number of halogens is 2. The first-order chi connectivity index (χ1) is 10.7. The van der Waals surface area contributed by atoms with Crippen molar-refractivity contribution in [3.05, 3.63) is 64.7 Å². The summed E-state index contributed by atoms with van der Waals surface area (Å²) in [4.78, 5) is 17.9. The van der Waals surface area contributed by atoms with Crippen molar-refractivity contribution in [3.63, 3.8) is 0 Å². The SMILES string of the molecule is O=CN1c2ccc(Cl)cc2C(c2ccccc2)=NCC1CCl. The molecule has 0 saturated heterocycles. The van der Waals surface area contributed by atoms with Gasteiger partial charge in [-0.15, -0.1) is 11.6 Å². The summed E-state index contributed by atoms with van der Waals surface area (Å²) < 4.78 is 0. The first-order valence-electron chi connectivity index (χ1n) is 6.94. The lowest BCUT2D eigenvalue weighted by atomic mass is 10.0. The fourth-order valence-corrected chi connectivity index (χ4v) is 3.02. The molecule has 1 heterocycles. The highest BCUT2D eigenvalue weighted by Gasteiger charge is 2.26. The zero-order valence-corrected chi connectivity index (χ0v) is 13.3. The van der Waals surface area contributed by atoms with Crippen molar-refractivity contribution in [1.29, 1.82) is 0 Å². The van der Waals surface area contributed by atoms with E-state index in [-0.39, 0.29) is 6.04 Å². The number of fused-ring (bicyclic) bond motifs is 1. The second kappa shape index (κ2) is 6.51. The van der Waals surface area contributed by atoms with E-state index in [1.807, 2.05) is 42.5 Å². The molecule has 112 valence electrons. The van der Waals surface area contributed by atoms with Gasteiger partial charge >= 0.3 is 0 Å². The number of anilines is 1. The Kier molecular flexibility index (Phi) is 4.46. The number of hydrogen-bond donors (Lipinski definition) is 0. The first kappa shape index (κ1) is 15.1. The molecule has 1 aliphatic rings. The Balaban J connectivity index is 2.21. The monoisotopic (exact) mass is 332 g/mol. The number of benzene rings is 2. The number of carbonyl (C=O) groups is 1. The number of carbonyl (C=O) groups excluding carboxylic acids is 1. The molecular weight excluding hydrogens is 319 g/mol. The van der Waals surface area contributed by atoms with Gasteiger partial charge in [0.25, 0.3) is 0 Å². The van der Waals surface area contributed by atoms with Gasteiger partial charge in [-0.05, 0) is 18.2 Å². The molecule has 0 bridgehead atoms. The zero-order chi connectivity index (χ0) is 15.5. The molecule has 1 atom stereocenters. The van der Waals surface area contributed by atoms with Crippen LogP contribution < -0.4 is 4.90 Å². The molecule has 1 unspecified atom stereocenters. The smallest absolute Gasteiger partial charge is 0.214 e. The summed E-state index contributed by atoms with van der Waals surface area (Å²) in [7, 11) is 0. The fourth-order valence-electron chi connectivity index (χ4n) is 2.60. The van der Waals surface area contributed by atoms with E-state index < -0.39 is 0 Å². The van der Waals surface area contributed by atoms with Crippen molar-refractivity contribution in [2.24, 2.45) is 4.99 Å². The second-order valence-corrected chi connectivity index (χ2v) is 5.78. The topological polar surface area (TPSA) is 32.7 Å². The molecule has 3 rings (SSSR count). The van der Waals surface area contributed by atoms with E-state index in [4.69, 9.17) is 28.2 Å². The van der Waals surface area contributed by atoms with E-state index >= 15 is 0 Å². The molecule has 0 saturated carbocycles. The van der Waals surface area contributed by atoms with E-state index in [0.717, 1.165) is 28.9 Å². The Morgan fingerprint density at radius 2 is 2.00 bits per heavy atom. The summed E-state index contributed by atoms with van der Waals surface area (Å²) in [6, 6.07) is 15.2. The molecule has 0 N–H and O–H groups in total. The number of rotatable bonds is 3. The quantitative estimate of drug-likeness (QED) is 0.622. The summed E-state index contributed by atoms with van der Waals surface area (Å²) in [6.45, 7) is 0.457. The Morgan fingerprint density at radius 1 is 1.23 bits per heavy atom. The summed E-state index contributed by atoms with van der Waals surface area (Å²) in [5.74, 6) is 0.326. The van der Waals surface area contributed by atoms with Gasteiger partial charge in [0.2, 0.25) is 6.41 Å². The Morgan fingerprint density at radius 3 is 2.68 bits per heavy atom. The fraction of sp³-hybridized carbons (Fsp3) is 0.176. The maximum Gasteiger partial charge on any atom is 0.214 e. The van der Waals surface area contributed by atoms with Gasteiger partial charge in [-0.25, -0.2) is 0 Å². The van der Waals surface area contributed by atoms with Crippen LogP contribution in [0.25, 0.3) is 0 Å². The van der Waals surface area contributed by atoms with E-state index in [1.165, 1.54) is 0 Å². The van der Waals surface area contributed by atoms with Crippen LogP contribution in [0.4, 0.5) is 5.69 Å². The lowest BCUT2D eigenvalue weighted by Gasteiger charge is -2.25. The number of benzodiazepines with no additional fused rings is 1. The van der Waals surface area contributed by atoms with Crippen LogP contribution in [-0.2, 0) is 4.79 Å². The number of amides is 1. The lowest BCUT2D eigenvalue weighted by molar-refractivity contribution is -0.107. The van der Waals surface area contributed by atoms with Gasteiger partial charge in [-0.1, -0.05) is 41.9 Å². The Labute approximate surface area is 139 Å². The molecule has 0 aromatic heterocycles. The summed E-state index contributed by atoms with van der Waals surface area (Å²) in [6.07, 6.45) is 0.809. The van der Waals surface area contributed by atoms with Gasteiger partial charge < -0.3 is 4.90 Å². The molecule has 0 radical (unpaired) electrons. The molecule has 22 heavy (non-hydrogen) atoms. The molecule has 0 aliphatic carbocycles. The van der Waals surface area contributed by atoms with E-state index in [0.29, 0.717) is 17.4 Å². The molecule has 0 fully saturated rings. The highest BCUT2D eigenvalue weighted by Crippen LogP contribution is 2.30. The number of alkyl halides is 1. The highest BCUT2D eigenvalue weighted by molar-refractivity contribution is 6.31. The average molecular weight is 333 g/mol. The van der Waals surface area contributed by atoms with Crippen LogP contribution in [0.3, 0.4) is 0 Å². The number of nitrogens with zero attached hydrogens (tertiary/aromatic N) is 2. The Bertz CT molecular complexity index is 716. The molecule has 5 heteroatoms. The predicted molar refractivity (Wildman–Crippen MR) is 91.5 cm³/mol. The number of aliphatic imine (C=N–C) groups is 1. The van der Waals surface area contributed by atoms with Gasteiger partial charge in [0.05, 0.1) is 24.0 Å². The number of hydrogen-bond acceptors (Lipinski definition) is 2. The Hall–Kier alpha value is -1.84. The minimum atomic E-state index is -0.166. The maximum atomic E-state index is 11.6. The van der Waals surface area contributed by atoms with Gasteiger partial charge in [-0.2, -0.15) is 0 Å². The van der Waals surface area contributed by atoms with Crippen molar-refractivity contribution in [2.45, 2.75) is 6.04 Å². The van der Waals surface area contributed by atoms with Crippen LogP contribution in [0, 0.1) is 0 Å². The standard InChI is InChI=1S/C17H14Cl2N2O/c18-9-14-10-20-17(12-4-2-1-3-5-12)15-8-13(19)6-7-16(15)21(14)11-22/h1-8,11,14H,9-10H2. The molecule has 2 aromatic carbocycles. The van der Waals surface area contributed by atoms with Gasteiger partial charge in [-0.3, -0.25) is 9.79 Å². The van der Waals surface area contributed by atoms with Gasteiger partial charge in [0.15, 0.2) is 0 Å². The summed E-state index contributed by atoms with van der Waals surface area (Å²) in [5.41, 5.74) is 3.45. The van der Waals surface area contributed by atoms with Crippen LogP contribution in [-0.4, -0.2) is 30.6 Å². The molecule has 2 aromatic rings. The zero-order valence-electron chi connectivity index (χ0n) is 11.7. The normalized spacial score (nSPS) is 17.5. The minimum Gasteiger partial charge on any atom is -0.308 e. The summed E-state index contributed by atoms with van der Waals surface area (Å²) in [5, 5.41) is 0.609. The third-order valence-corrected chi connectivity index (χ3v) is 4.28. The van der Waals surface area contributed by atoms with Crippen LogP contribution >= 0.6 is 23.2 Å². The molecule has 1 amide bonds. The highest BCUT2D eigenvalue weighted by atomic mass is 35.5. The van der Waals surface area contributed by atoms with Crippen LogP contribution in [0.15, 0.2) is 53.5 Å². The van der Waals surface area contributed by atoms with Crippen molar-refractivity contribution in [1.82, 2.24) is 0 Å². The van der Waals surface area contributed by atoms with Crippen molar-refractivity contribution < 1.29 is 4.79 Å². The minimum absolute atomic E-state index is 0.166. The average Bonchev–Trinajstić information content (AvgIpc) is 2.71.